The van der Waals surface area contributed by atoms with Gasteiger partial charge in [0.2, 0.25) is 17.7 Å². The number of nitrogens with two attached hydrogens (primary N) is 1. The minimum Gasteiger partial charge on any atom is -0.349 e. The molecule has 0 bridgehead atoms. The molecule has 8 heteroatoms. The van der Waals surface area contributed by atoms with Crippen molar-refractivity contribution in [2.45, 2.75) is 66.1 Å². The van der Waals surface area contributed by atoms with E-state index in [1.807, 2.05) is 27.7 Å². The Morgan fingerprint density at radius 1 is 1.15 bits per heavy atom. The number of likely N-dealkylation sites (tertiary alicyclic amines) is 1. The molecule has 1 rings (SSSR count). The highest BCUT2D eigenvalue weighted by Gasteiger charge is 2.37. The van der Waals surface area contributed by atoms with Crippen molar-refractivity contribution < 1.29 is 19.2 Å². The molecule has 1 saturated heterocycles. The molecular formula is C18H37N3O4S. The molecule has 7 nitrogen and oxygen atoms in total. The van der Waals surface area contributed by atoms with E-state index in [1.54, 1.807) is 13.8 Å². The molecule has 3 amide bonds. The minimum absolute atomic E-state index is 0.0128. The number of ketones is 1. The number of carbonyl (C=O) groups is 4. The number of imide groups is 1. The molecule has 1 aliphatic rings. The Morgan fingerprint density at radius 2 is 1.69 bits per heavy atom. The number of hydrogen-bond donors (Lipinski definition) is 2. The van der Waals surface area contributed by atoms with Gasteiger partial charge in [0.1, 0.15) is 0 Å². The van der Waals surface area contributed by atoms with Crippen LogP contribution in [0.3, 0.4) is 0 Å². The van der Waals surface area contributed by atoms with E-state index in [2.05, 4.69) is 11.1 Å². The van der Waals surface area contributed by atoms with Gasteiger partial charge in [0.15, 0.2) is 5.78 Å². The summed E-state index contributed by atoms with van der Waals surface area (Å²) in [6.45, 7) is 12.0. The van der Waals surface area contributed by atoms with Crippen LogP contribution in [-0.4, -0.2) is 59.5 Å². The van der Waals surface area contributed by atoms with Crippen LogP contribution in [0.1, 0.15) is 60.8 Å². The van der Waals surface area contributed by atoms with Crippen molar-refractivity contribution in [3.8, 4) is 0 Å². The Balaban J connectivity index is -0.000000795. The van der Waals surface area contributed by atoms with Crippen molar-refractivity contribution in [2.75, 3.05) is 25.9 Å². The van der Waals surface area contributed by atoms with Crippen molar-refractivity contribution in [3.63, 3.8) is 0 Å². The average molecular weight is 392 g/mol. The summed E-state index contributed by atoms with van der Waals surface area (Å²) >= 11 is 1.33. The summed E-state index contributed by atoms with van der Waals surface area (Å²) in [6, 6.07) is 0. The van der Waals surface area contributed by atoms with E-state index >= 15 is 0 Å². The fraction of sp³-hybridized carbons (Fsp3) is 0.778. The molecule has 3 N–H and O–H groups in total. The summed E-state index contributed by atoms with van der Waals surface area (Å²) in [6.07, 6.45) is 0.861. The van der Waals surface area contributed by atoms with E-state index in [0.717, 1.165) is 0 Å². The van der Waals surface area contributed by atoms with Crippen LogP contribution in [-0.2, 0) is 19.2 Å². The first-order valence-corrected chi connectivity index (χ1v) is 10.4. The van der Waals surface area contributed by atoms with Gasteiger partial charge >= 0.3 is 0 Å². The van der Waals surface area contributed by atoms with Crippen LogP contribution >= 0.6 is 11.8 Å². The fourth-order valence-corrected chi connectivity index (χ4v) is 2.94. The minimum atomic E-state index is -0.368. The predicted octanol–water partition coefficient (Wildman–Crippen LogP) is 1.98. The van der Waals surface area contributed by atoms with Gasteiger partial charge in [-0.25, -0.2) is 0 Å². The van der Waals surface area contributed by atoms with Crippen molar-refractivity contribution in [2.24, 2.45) is 5.73 Å². The molecule has 0 spiro atoms. The van der Waals surface area contributed by atoms with Crippen molar-refractivity contribution in [1.82, 2.24) is 10.2 Å². The third-order valence-corrected chi connectivity index (χ3v) is 4.25. The van der Waals surface area contributed by atoms with E-state index in [1.165, 1.54) is 23.7 Å². The Bertz CT molecular complexity index is 417. The summed E-state index contributed by atoms with van der Waals surface area (Å²) in [5, 5.41) is 2.17. The largest absolute Gasteiger partial charge is 0.349 e. The van der Waals surface area contributed by atoms with Crippen molar-refractivity contribution in [1.29, 1.82) is 0 Å². The zero-order valence-electron chi connectivity index (χ0n) is 17.4. The Hall–Kier alpha value is -1.41. The summed E-state index contributed by atoms with van der Waals surface area (Å²) < 4.78 is 0. The van der Waals surface area contributed by atoms with Crippen molar-refractivity contribution >= 4 is 35.3 Å². The lowest BCUT2D eigenvalue weighted by Crippen LogP contribution is -2.31. The van der Waals surface area contributed by atoms with Crippen LogP contribution in [0.5, 0.6) is 0 Å². The quantitative estimate of drug-likeness (QED) is 0.612. The van der Waals surface area contributed by atoms with Crippen LogP contribution in [0.15, 0.2) is 0 Å². The highest BCUT2D eigenvalue weighted by atomic mass is 32.2. The van der Waals surface area contributed by atoms with Gasteiger partial charge in [0.25, 0.3) is 0 Å². The van der Waals surface area contributed by atoms with Gasteiger partial charge in [-0.1, -0.05) is 34.6 Å². The molecule has 1 unspecified atom stereocenters. The van der Waals surface area contributed by atoms with Gasteiger partial charge in [-0.05, 0) is 14.0 Å². The number of carbonyl (C=O) groups excluding carboxylic acids is 4. The second-order valence-electron chi connectivity index (χ2n) is 4.46. The molecule has 154 valence electrons. The first-order chi connectivity index (χ1) is 12.5. The number of thioether (sulfide) groups is 1. The van der Waals surface area contributed by atoms with Gasteiger partial charge in [-0.3, -0.25) is 24.1 Å². The maximum Gasteiger partial charge on any atom is 0.242 e. The van der Waals surface area contributed by atoms with Crippen LogP contribution < -0.4 is 11.1 Å². The molecule has 1 atom stereocenters. The van der Waals surface area contributed by atoms with Crippen LogP contribution in [0.4, 0.5) is 0 Å². The zero-order chi connectivity index (χ0) is 21.1. The molecule has 0 saturated carbocycles. The first-order valence-electron chi connectivity index (χ1n) is 9.31. The van der Waals surface area contributed by atoms with E-state index in [-0.39, 0.29) is 48.1 Å². The Labute approximate surface area is 162 Å². The third kappa shape index (κ3) is 12.0. The summed E-state index contributed by atoms with van der Waals surface area (Å²) in [4.78, 5) is 47.1. The van der Waals surface area contributed by atoms with Crippen LogP contribution in [0, 0.1) is 0 Å². The summed E-state index contributed by atoms with van der Waals surface area (Å²) in [5.41, 5.74) is 4.50. The SMILES string of the molecule is CC.CC.CCC(=O)CNC(=O)CCSC1CC(=O)N(CC)C1=O.CN. The molecule has 0 aromatic heterocycles. The summed E-state index contributed by atoms with van der Waals surface area (Å²) in [7, 11) is 1.50. The lowest BCUT2D eigenvalue weighted by Gasteiger charge is -2.11. The van der Waals surface area contributed by atoms with Gasteiger partial charge in [0.05, 0.1) is 11.8 Å². The molecule has 1 fully saturated rings. The van der Waals surface area contributed by atoms with Gasteiger partial charge in [0, 0.05) is 31.6 Å². The number of nitrogens with one attached hydrogen (secondary N) is 1. The topological polar surface area (TPSA) is 110 Å². The Morgan fingerprint density at radius 3 is 2.12 bits per heavy atom. The fourth-order valence-electron chi connectivity index (χ4n) is 1.82. The van der Waals surface area contributed by atoms with Gasteiger partial charge < -0.3 is 11.1 Å². The second-order valence-corrected chi connectivity index (χ2v) is 5.77. The smallest absolute Gasteiger partial charge is 0.242 e. The number of amides is 3. The number of hydrogen-bond acceptors (Lipinski definition) is 6. The number of rotatable bonds is 8. The van der Waals surface area contributed by atoms with Crippen LogP contribution in [0.2, 0.25) is 0 Å². The number of Topliss-reactive ketones (excluding diaryl/α,β-unsaturated/α-hetero) is 1. The average Bonchev–Trinajstić information content (AvgIpc) is 2.97. The van der Waals surface area contributed by atoms with Gasteiger partial charge in [-0.15, -0.1) is 11.8 Å². The highest BCUT2D eigenvalue weighted by molar-refractivity contribution is 8.00. The van der Waals surface area contributed by atoms with E-state index in [9.17, 15) is 19.2 Å². The first kappa shape index (κ1) is 29.4. The van der Waals surface area contributed by atoms with Gasteiger partial charge in [-0.2, -0.15) is 0 Å². The molecule has 1 heterocycles. The Kier molecular flexibility index (Phi) is 22.5. The van der Waals surface area contributed by atoms with E-state index < -0.39 is 0 Å². The lowest BCUT2D eigenvalue weighted by atomic mass is 10.3. The maximum absolute atomic E-state index is 11.8. The normalized spacial score (nSPS) is 14.9. The molecule has 1 aliphatic heterocycles. The second kappa shape index (κ2) is 19.9. The molecular weight excluding hydrogens is 354 g/mol. The molecule has 26 heavy (non-hydrogen) atoms. The van der Waals surface area contributed by atoms with Crippen molar-refractivity contribution in [3.05, 3.63) is 0 Å². The zero-order valence-corrected chi connectivity index (χ0v) is 18.2. The van der Waals surface area contributed by atoms with Crippen LogP contribution in [0.25, 0.3) is 0 Å². The van der Waals surface area contributed by atoms with E-state index in [0.29, 0.717) is 18.7 Å². The molecule has 0 radical (unpaired) electrons. The third-order valence-electron chi connectivity index (χ3n) is 3.04. The monoisotopic (exact) mass is 391 g/mol. The molecule has 0 aromatic carbocycles. The number of nitrogens with zero attached hydrogens (tertiary/aromatic N) is 1. The molecule has 0 aliphatic carbocycles. The van der Waals surface area contributed by atoms with E-state index in [4.69, 9.17) is 0 Å². The highest BCUT2D eigenvalue weighted by Crippen LogP contribution is 2.25. The lowest BCUT2D eigenvalue weighted by molar-refractivity contribution is -0.138. The maximum atomic E-state index is 11.8. The standard InChI is InChI=1S/C13H20N2O4S.2C2H6.CH5N/c1-3-9(16)8-14-11(17)5-6-20-10-7-12(18)15(4-2)13(10)19;3*1-2/h10H,3-8H2,1-2H3,(H,14,17);2*1-2H3;2H2,1H3. The summed E-state index contributed by atoms with van der Waals surface area (Å²) in [5.74, 6) is -0.0606. The molecule has 0 aromatic rings. The predicted molar refractivity (Wildman–Crippen MR) is 109 cm³/mol.